The summed E-state index contributed by atoms with van der Waals surface area (Å²) < 4.78 is 21.1. The number of imide groups is 1. The molecule has 3 rings (SSSR count). The lowest BCUT2D eigenvalue weighted by Crippen LogP contribution is -2.37. The molecule has 0 atom stereocenters. The Bertz CT molecular complexity index is 927. The highest BCUT2D eigenvalue weighted by atomic mass is 32.1. The van der Waals surface area contributed by atoms with Crippen LogP contribution in [0.3, 0.4) is 0 Å². The standard InChI is InChI=1S/C22H26N2O6S/c1-27-9-7-23(8-10-28-2)20-19(18-6-5-11-31-18)21(25)24(22(20)26)15-12-16(29-3)14-17(13-15)30-4/h5-6,11-14H,7-10H2,1-4H3. The molecule has 0 unspecified atom stereocenters. The molecule has 0 N–H and O–H groups in total. The quantitative estimate of drug-likeness (QED) is 0.491. The number of carbonyl (C=O) groups excluding carboxylic acids is 2. The Hall–Kier alpha value is -2.88. The summed E-state index contributed by atoms with van der Waals surface area (Å²) in [7, 11) is 6.23. The summed E-state index contributed by atoms with van der Waals surface area (Å²) in [6.07, 6.45) is 0. The number of benzene rings is 1. The van der Waals surface area contributed by atoms with Crippen LogP contribution in [0.5, 0.6) is 11.5 Å². The van der Waals surface area contributed by atoms with Gasteiger partial charge in [0.1, 0.15) is 17.2 Å². The van der Waals surface area contributed by atoms with E-state index in [1.807, 2.05) is 22.4 Å². The van der Waals surface area contributed by atoms with Crippen LogP contribution in [-0.4, -0.2) is 71.5 Å². The average Bonchev–Trinajstić information content (AvgIpc) is 3.39. The summed E-state index contributed by atoms with van der Waals surface area (Å²) in [4.78, 5) is 30.9. The van der Waals surface area contributed by atoms with Crippen molar-refractivity contribution in [1.29, 1.82) is 0 Å². The fourth-order valence-electron chi connectivity index (χ4n) is 3.35. The van der Waals surface area contributed by atoms with E-state index in [0.717, 1.165) is 4.88 Å². The zero-order chi connectivity index (χ0) is 22.4. The van der Waals surface area contributed by atoms with Crippen molar-refractivity contribution in [2.24, 2.45) is 0 Å². The van der Waals surface area contributed by atoms with E-state index in [0.29, 0.717) is 54.8 Å². The summed E-state index contributed by atoms with van der Waals surface area (Å²) in [6, 6.07) is 8.66. The molecule has 2 aromatic rings. The second-order valence-corrected chi connectivity index (χ2v) is 7.64. The van der Waals surface area contributed by atoms with E-state index in [4.69, 9.17) is 18.9 Å². The van der Waals surface area contributed by atoms with Crippen LogP contribution in [0.2, 0.25) is 0 Å². The van der Waals surface area contributed by atoms with Crippen molar-refractivity contribution in [3.8, 4) is 11.5 Å². The van der Waals surface area contributed by atoms with Crippen LogP contribution in [0.1, 0.15) is 4.88 Å². The number of hydrogen-bond acceptors (Lipinski definition) is 8. The molecule has 0 bridgehead atoms. The minimum atomic E-state index is -0.407. The van der Waals surface area contributed by atoms with Gasteiger partial charge in [-0.3, -0.25) is 9.59 Å². The fourth-order valence-corrected chi connectivity index (χ4v) is 4.11. The summed E-state index contributed by atoms with van der Waals surface area (Å²) in [5.41, 5.74) is 1.09. The van der Waals surface area contributed by atoms with Gasteiger partial charge in [0.2, 0.25) is 0 Å². The first-order valence-corrected chi connectivity index (χ1v) is 10.6. The third-order valence-electron chi connectivity index (χ3n) is 4.87. The lowest BCUT2D eigenvalue weighted by atomic mass is 10.1. The Morgan fingerprint density at radius 3 is 2.00 bits per heavy atom. The van der Waals surface area contributed by atoms with Gasteiger partial charge < -0.3 is 23.8 Å². The van der Waals surface area contributed by atoms with Crippen molar-refractivity contribution < 1.29 is 28.5 Å². The largest absolute Gasteiger partial charge is 0.497 e. The van der Waals surface area contributed by atoms with Crippen molar-refractivity contribution in [3.63, 3.8) is 0 Å². The molecule has 1 aromatic heterocycles. The molecule has 0 saturated heterocycles. The van der Waals surface area contributed by atoms with Crippen LogP contribution in [-0.2, 0) is 19.1 Å². The summed E-state index contributed by atoms with van der Waals surface area (Å²) in [5, 5.41) is 1.88. The molecule has 0 spiro atoms. The Labute approximate surface area is 185 Å². The van der Waals surface area contributed by atoms with Gasteiger partial charge in [0, 0.05) is 50.4 Å². The molecule has 0 fully saturated rings. The predicted octanol–water partition coefficient (Wildman–Crippen LogP) is 2.64. The molecule has 8 nitrogen and oxygen atoms in total. The van der Waals surface area contributed by atoms with Crippen LogP contribution >= 0.6 is 11.3 Å². The van der Waals surface area contributed by atoms with Gasteiger partial charge >= 0.3 is 0 Å². The van der Waals surface area contributed by atoms with Gasteiger partial charge in [0.05, 0.1) is 38.7 Å². The van der Waals surface area contributed by atoms with Gasteiger partial charge in [-0.2, -0.15) is 0 Å². The molecule has 31 heavy (non-hydrogen) atoms. The summed E-state index contributed by atoms with van der Waals surface area (Å²) >= 11 is 1.41. The van der Waals surface area contributed by atoms with Gasteiger partial charge in [-0.1, -0.05) is 6.07 Å². The highest BCUT2D eigenvalue weighted by molar-refractivity contribution is 7.11. The number of carbonyl (C=O) groups is 2. The van der Waals surface area contributed by atoms with Crippen molar-refractivity contribution in [3.05, 3.63) is 46.3 Å². The fraction of sp³-hybridized carbons (Fsp3) is 0.364. The number of amides is 2. The van der Waals surface area contributed by atoms with E-state index in [1.54, 1.807) is 32.4 Å². The van der Waals surface area contributed by atoms with Crippen LogP contribution in [0.25, 0.3) is 5.57 Å². The summed E-state index contributed by atoms with van der Waals surface area (Å²) in [5.74, 6) is 0.168. The normalized spacial score (nSPS) is 13.9. The molecule has 1 aliphatic heterocycles. The van der Waals surface area contributed by atoms with Gasteiger partial charge in [-0.25, -0.2) is 4.90 Å². The lowest BCUT2D eigenvalue weighted by molar-refractivity contribution is -0.120. The number of ether oxygens (including phenoxy) is 4. The van der Waals surface area contributed by atoms with E-state index in [1.165, 1.54) is 30.5 Å². The third-order valence-corrected chi connectivity index (χ3v) is 5.76. The van der Waals surface area contributed by atoms with Gasteiger partial charge in [0.25, 0.3) is 11.8 Å². The van der Waals surface area contributed by atoms with Gasteiger partial charge in [0.15, 0.2) is 0 Å². The highest BCUT2D eigenvalue weighted by Gasteiger charge is 2.43. The Kier molecular flexibility index (Phi) is 7.67. The monoisotopic (exact) mass is 446 g/mol. The van der Waals surface area contributed by atoms with Crippen molar-refractivity contribution in [2.75, 3.05) is 59.6 Å². The Morgan fingerprint density at radius 2 is 1.52 bits per heavy atom. The number of anilines is 1. The SMILES string of the molecule is COCCN(CCOC)C1=C(c2cccs2)C(=O)N(c2cc(OC)cc(OC)c2)C1=O. The number of thiophene rings is 1. The number of hydrogen-bond donors (Lipinski definition) is 0. The second kappa shape index (κ2) is 10.4. The molecule has 0 saturated carbocycles. The number of methoxy groups -OCH3 is 4. The van der Waals surface area contributed by atoms with Gasteiger partial charge in [-0.05, 0) is 11.4 Å². The first kappa shape index (κ1) is 22.8. The maximum absolute atomic E-state index is 13.6. The minimum Gasteiger partial charge on any atom is -0.497 e. The van der Waals surface area contributed by atoms with Gasteiger partial charge in [-0.15, -0.1) is 11.3 Å². The maximum atomic E-state index is 13.6. The van der Waals surface area contributed by atoms with Crippen molar-refractivity contribution in [2.45, 2.75) is 0 Å². The molecule has 9 heteroatoms. The maximum Gasteiger partial charge on any atom is 0.282 e. The van der Waals surface area contributed by atoms with Crippen LogP contribution in [0.15, 0.2) is 41.4 Å². The molecule has 166 valence electrons. The summed E-state index contributed by atoms with van der Waals surface area (Å²) in [6.45, 7) is 1.69. The number of nitrogens with zero attached hydrogens (tertiary/aromatic N) is 2. The topological polar surface area (TPSA) is 77.5 Å². The van der Waals surface area contributed by atoms with E-state index in [-0.39, 0.29) is 0 Å². The van der Waals surface area contributed by atoms with Crippen LogP contribution < -0.4 is 14.4 Å². The first-order valence-electron chi connectivity index (χ1n) is 9.68. The molecule has 1 aromatic carbocycles. The lowest BCUT2D eigenvalue weighted by Gasteiger charge is -2.25. The van der Waals surface area contributed by atoms with Crippen LogP contribution in [0.4, 0.5) is 5.69 Å². The van der Waals surface area contributed by atoms with E-state index >= 15 is 0 Å². The highest BCUT2D eigenvalue weighted by Crippen LogP contribution is 2.38. The minimum absolute atomic E-state index is 0.336. The van der Waals surface area contributed by atoms with E-state index < -0.39 is 11.8 Å². The van der Waals surface area contributed by atoms with E-state index in [9.17, 15) is 9.59 Å². The number of rotatable bonds is 11. The van der Waals surface area contributed by atoms with E-state index in [2.05, 4.69) is 0 Å². The van der Waals surface area contributed by atoms with Crippen molar-refractivity contribution in [1.82, 2.24) is 4.90 Å². The van der Waals surface area contributed by atoms with Crippen LogP contribution in [0, 0.1) is 0 Å². The molecule has 1 aliphatic rings. The molecule has 0 aliphatic carbocycles. The molecule has 2 heterocycles. The second-order valence-electron chi connectivity index (χ2n) is 6.69. The van der Waals surface area contributed by atoms with Crippen molar-refractivity contribution >= 4 is 34.4 Å². The molecular formula is C22H26N2O6S. The molecule has 0 radical (unpaired) electrons. The Morgan fingerprint density at radius 1 is 0.903 bits per heavy atom. The molecule has 2 amide bonds. The predicted molar refractivity (Wildman–Crippen MR) is 119 cm³/mol. The smallest absolute Gasteiger partial charge is 0.282 e. The third kappa shape index (κ3) is 4.73. The average molecular weight is 447 g/mol. The zero-order valence-electron chi connectivity index (χ0n) is 18.0. The first-order chi connectivity index (χ1) is 15.0. The zero-order valence-corrected chi connectivity index (χ0v) is 18.9. The molecular weight excluding hydrogens is 420 g/mol. The Balaban J connectivity index is 2.10.